The molecule has 0 saturated carbocycles. The van der Waals surface area contributed by atoms with Crippen molar-refractivity contribution in [2.75, 3.05) is 0 Å². The SMILES string of the molecule is C=C/C(=C\C=C(C)F)C(C)N=N. The Bertz CT molecular complexity index is 225. The van der Waals surface area contributed by atoms with Gasteiger partial charge in [0.15, 0.2) is 0 Å². The molecule has 0 aliphatic rings. The number of nitrogens with one attached hydrogen (secondary N) is 1. The molecule has 1 unspecified atom stereocenters. The molecule has 0 radical (unpaired) electrons. The average Bonchev–Trinajstić information content (AvgIpc) is 2.04. The van der Waals surface area contributed by atoms with Crippen molar-refractivity contribution in [1.82, 2.24) is 0 Å². The highest BCUT2D eigenvalue weighted by Crippen LogP contribution is 2.08. The quantitative estimate of drug-likeness (QED) is 0.493. The zero-order chi connectivity index (χ0) is 9.56. The highest BCUT2D eigenvalue weighted by molar-refractivity contribution is 5.27. The lowest BCUT2D eigenvalue weighted by Crippen LogP contribution is -1.98. The molecular weight excluding hydrogens is 155 g/mol. The molecule has 0 rings (SSSR count). The Hall–Kier alpha value is -1.25. The van der Waals surface area contributed by atoms with Gasteiger partial charge >= 0.3 is 0 Å². The summed E-state index contributed by atoms with van der Waals surface area (Å²) in [5.74, 6) is -0.272. The Balaban J connectivity index is 4.54. The van der Waals surface area contributed by atoms with Gasteiger partial charge in [-0.3, -0.25) is 0 Å². The summed E-state index contributed by atoms with van der Waals surface area (Å²) in [5, 5.41) is 3.30. The summed E-state index contributed by atoms with van der Waals surface area (Å²) in [6.45, 7) is 6.66. The molecule has 0 bridgehead atoms. The van der Waals surface area contributed by atoms with Crippen molar-refractivity contribution in [2.45, 2.75) is 19.9 Å². The summed E-state index contributed by atoms with van der Waals surface area (Å²) in [4.78, 5) is 0. The van der Waals surface area contributed by atoms with Gasteiger partial charge in [-0.25, -0.2) is 9.92 Å². The third kappa shape index (κ3) is 3.81. The summed E-state index contributed by atoms with van der Waals surface area (Å²) in [6, 6.07) is -0.252. The molecule has 0 aliphatic heterocycles. The van der Waals surface area contributed by atoms with Crippen LogP contribution in [0.5, 0.6) is 0 Å². The van der Waals surface area contributed by atoms with Crippen LogP contribution in [0.15, 0.2) is 41.3 Å². The maximum absolute atomic E-state index is 12.3. The van der Waals surface area contributed by atoms with E-state index in [1.165, 1.54) is 13.0 Å². The second-order valence-corrected chi connectivity index (χ2v) is 2.43. The number of nitrogens with zero attached hydrogens (tertiary/aromatic N) is 1. The monoisotopic (exact) mass is 168 g/mol. The van der Waals surface area contributed by atoms with Gasteiger partial charge in [0, 0.05) is 0 Å². The summed E-state index contributed by atoms with van der Waals surface area (Å²) in [5.41, 5.74) is 7.49. The predicted molar refractivity (Wildman–Crippen MR) is 47.8 cm³/mol. The van der Waals surface area contributed by atoms with E-state index in [4.69, 9.17) is 5.53 Å². The van der Waals surface area contributed by atoms with E-state index in [0.717, 1.165) is 5.57 Å². The van der Waals surface area contributed by atoms with Gasteiger partial charge in [0.1, 0.15) is 0 Å². The minimum atomic E-state index is -0.272. The highest BCUT2D eigenvalue weighted by atomic mass is 19.1. The largest absolute Gasteiger partial charge is 0.212 e. The van der Waals surface area contributed by atoms with Gasteiger partial charge in [-0.1, -0.05) is 18.7 Å². The summed E-state index contributed by atoms with van der Waals surface area (Å²) >= 11 is 0. The third-order valence-corrected chi connectivity index (χ3v) is 1.42. The minimum absolute atomic E-state index is 0.252. The van der Waals surface area contributed by atoms with Crippen LogP contribution in [0.3, 0.4) is 0 Å². The van der Waals surface area contributed by atoms with Gasteiger partial charge in [0.25, 0.3) is 0 Å². The molecule has 1 N–H and O–H groups in total. The van der Waals surface area contributed by atoms with E-state index in [1.54, 1.807) is 19.1 Å². The van der Waals surface area contributed by atoms with Crippen molar-refractivity contribution >= 4 is 0 Å². The van der Waals surface area contributed by atoms with Gasteiger partial charge < -0.3 is 0 Å². The number of allylic oxidation sites excluding steroid dienone is 3. The van der Waals surface area contributed by atoms with E-state index in [0.29, 0.717) is 0 Å². The molecule has 0 aromatic carbocycles. The molecule has 1 atom stereocenters. The summed E-state index contributed by atoms with van der Waals surface area (Å²) in [7, 11) is 0. The lowest BCUT2D eigenvalue weighted by molar-refractivity contribution is 0.640. The fourth-order valence-electron chi connectivity index (χ4n) is 0.663. The van der Waals surface area contributed by atoms with Crippen LogP contribution in [0.1, 0.15) is 13.8 Å². The maximum Gasteiger partial charge on any atom is 0.0968 e. The lowest BCUT2D eigenvalue weighted by atomic mass is 10.1. The van der Waals surface area contributed by atoms with Crippen LogP contribution in [-0.2, 0) is 0 Å². The fraction of sp³-hybridized carbons (Fsp3) is 0.333. The van der Waals surface area contributed by atoms with Gasteiger partial charge in [0.05, 0.1) is 11.9 Å². The Morgan fingerprint density at radius 2 is 2.17 bits per heavy atom. The zero-order valence-electron chi connectivity index (χ0n) is 7.34. The molecule has 0 spiro atoms. The van der Waals surface area contributed by atoms with E-state index in [9.17, 15) is 4.39 Å². The maximum atomic E-state index is 12.3. The van der Waals surface area contributed by atoms with E-state index in [-0.39, 0.29) is 11.9 Å². The van der Waals surface area contributed by atoms with Crippen LogP contribution in [0.25, 0.3) is 0 Å². The lowest BCUT2D eigenvalue weighted by Gasteiger charge is -2.02. The van der Waals surface area contributed by atoms with Gasteiger partial charge in [0.2, 0.25) is 0 Å². The smallest absolute Gasteiger partial charge is 0.0968 e. The van der Waals surface area contributed by atoms with E-state index >= 15 is 0 Å². The van der Waals surface area contributed by atoms with Crippen LogP contribution in [0.4, 0.5) is 4.39 Å². The summed E-state index contributed by atoms with van der Waals surface area (Å²) in [6.07, 6.45) is 4.48. The van der Waals surface area contributed by atoms with Crippen LogP contribution in [-0.4, -0.2) is 6.04 Å². The van der Waals surface area contributed by atoms with Gasteiger partial charge in [-0.2, -0.15) is 5.11 Å². The van der Waals surface area contributed by atoms with Crippen LogP contribution in [0, 0.1) is 5.53 Å². The third-order valence-electron chi connectivity index (χ3n) is 1.42. The first kappa shape index (κ1) is 10.8. The van der Waals surface area contributed by atoms with E-state index < -0.39 is 0 Å². The Morgan fingerprint density at radius 3 is 2.50 bits per heavy atom. The van der Waals surface area contributed by atoms with Crippen molar-refractivity contribution in [2.24, 2.45) is 5.11 Å². The minimum Gasteiger partial charge on any atom is -0.212 e. The molecule has 0 amide bonds. The fourth-order valence-corrected chi connectivity index (χ4v) is 0.663. The van der Waals surface area contributed by atoms with Gasteiger partial charge in [-0.05, 0) is 25.5 Å². The Morgan fingerprint density at radius 1 is 1.58 bits per heavy atom. The first-order chi connectivity index (χ1) is 5.61. The molecule has 0 fully saturated rings. The molecule has 66 valence electrons. The van der Waals surface area contributed by atoms with E-state index in [2.05, 4.69) is 11.7 Å². The zero-order valence-corrected chi connectivity index (χ0v) is 7.34. The predicted octanol–water partition coefficient (Wildman–Crippen LogP) is 3.39. The van der Waals surface area contributed by atoms with E-state index in [1.807, 2.05) is 0 Å². The molecule has 2 nitrogen and oxygen atoms in total. The van der Waals surface area contributed by atoms with Crippen molar-refractivity contribution in [1.29, 1.82) is 5.53 Å². The second-order valence-electron chi connectivity index (χ2n) is 2.43. The van der Waals surface area contributed by atoms with Crippen LogP contribution < -0.4 is 0 Å². The molecule has 0 heterocycles. The molecular formula is C9H13FN2. The van der Waals surface area contributed by atoms with Crippen molar-refractivity contribution in [3.05, 3.63) is 36.2 Å². The summed E-state index contributed by atoms with van der Waals surface area (Å²) < 4.78 is 12.3. The number of hydrogen-bond acceptors (Lipinski definition) is 2. The standard InChI is InChI=1S/C9H13FN2/c1-4-9(8(3)12-11)6-5-7(2)10/h4-6,8,11H,1H2,2-3H3/b7-5?,9-6+,12-11?. The highest BCUT2D eigenvalue weighted by Gasteiger charge is 2.00. The molecule has 0 aliphatic carbocycles. The molecule has 0 saturated heterocycles. The normalized spacial score (nSPS) is 15.6. The molecule has 12 heavy (non-hydrogen) atoms. The molecule has 0 aromatic rings. The first-order valence-electron chi connectivity index (χ1n) is 3.64. The Labute approximate surface area is 72.0 Å². The first-order valence-corrected chi connectivity index (χ1v) is 3.64. The molecule has 0 aromatic heterocycles. The Kier molecular flexibility index (Phi) is 4.84. The van der Waals surface area contributed by atoms with Gasteiger partial charge in [-0.15, -0.1) is 0 Å². The number of hydrogen-bond donors (Lipinski definition) is 1. The number of halogens is 1. The van der Waals surface area contributed by atoms with Crippen molar-refractivity contribution in [3.8, 4) is 0 Å². The van der Waals surface area contributed by atoms with Crippen LogP contribution in [0.2, 0.25) is 0 Å². The van der Waals surface area contributed by atoms with Crippen molar-refractivity contribution < 1.29 is 4.39 Å². The average molecular weight is 168 g/mol. The second kappa shape index (κ2) is 5.41. The molecule has 3 heteroatoms. The van der Waals surface area contributed by atoms with Crippen LogP contribution >= 0.6 is 0 Å². The van der Waals surface area contributed by atoms with Crippen molar-refractivity contribution in [3.63, 3.8) is 0 Å². The topological polar surface area (TPSA) is 36.2 Å². The number of rotatable bonds is 4.